The third kappa shape index (κ3) is 3.56. The van der Waals surface area contributed by atoms with Gasteiger partial charge in [0.2, 0.25) is 0 Å². The summed E-state index contributed by atoms with van der Waals surface area (Å²) in [4.78, 5) is 0. The molecule has 0 spiro atoms. The normalized spacial score (nSPS) is 22.3. The van der Waals surface area contributed by atoms with E-state index in [4.69, 9.17) is 9.52 Å². The van der Waals surface area contributed by atoms with Crippen molar-refractivity contribution in [1.29, 1.82) is 0 Å². The molecule has 1 fully saturated rings. The lowest BCUT2D eigenvalue weighted by Gasteiger charge is -2.41. The number of nitrogens with zero attached hydrogens (tertiary/aromatic N) is 2. The van der Waals surface area contributed by atoms with E-state index in [2.05, 4.69) is 78.9 Å². The molecule has 0 bridgehead atoms. The van der Waals surface area contributed by atoms with Crippen LogP contribution < -0.4 is 0 Å². The second kappa shape index (κ2) is 6.01. The zero-order valence-corrected chi connectivity index (χ0v) is 17.4. The lowest BCUT2D eigenvalue weighted by molar-refractivity contribution is 0.110. The maximum atomic E-state index is 6.36. The zero-order valence-electron chi connectivity index (χ0n) is 14.8. The summed E-state index contributed by atoms with van der Waals surface area (Å²) < 4.78 is 9.62. The molecule has 0 amide bonds. The van der Waals surface area contributed by atoms with Gasteiger partial charge in [0.05, 0.1) is 11.6 Å². The summed E-state index contributed by atoms with van der Waals surface area (Å²) in [5.41, 5.74) is 1.08. The van der Waals surface area contributed by atoms with E-state index in [0.29, 0.717) is 17.0 Å². The molecule has 1 saturated carbocycles. The minimum atomic E-state index is -1.61. The third-order valence-corrected chi connectivity index (χ3v) is 10.5. The first kappa shape index (κ1) is 17.2. The molecule has 2 aromatic rings. The number of hydrogen-bond acceptors (Lipinski definition) is 2. The molecule has 1 aromatic carbocycles. The van der Waals surface area contributed by atoms with Crippen LogP contribution in [0.3, 0.4) is 0 Å². The Morgan fingerprint density at radius 2 is 2.00 bits per heavy atom. The molecular formula is C18H27BrN2OSi. The van der Waals surface area contributed by atoms with Crippen LogP contribution in [0.1, 0.15) is 39.7 Å². The Morgan fingerprint density at radius 1 is 1.30 bits per heavy atom. The minimum Gasteiger partial charge on any atom is -0.417 e. The van der Waals surface area contributed by atoms with Crippen LogP contribution in [0, 0.1) is 5.92 Å². The van der Waals surface area contributed by atoms with Gasteiger partial charge in [-0.05, 0) is 55.1 Å². The average molecular weight is 395 g/mol. The molecule has 126 valence electrons. The molecule has 0 N–H and O–H groups in total. The third-order valence-electron chi connectivity index (χ3n) is 5.56. The molecule has 0 atom stereocenters. The maximum absolute atomic E-state index is 6.36. The Morgan fingerprint density at radius 3 is 2.65 bits per heavy atom. The standard InChI is InChI=1S/C18H27BrN2OSi/c1-18(2,3)23(4,5)22-12-13-8-16(9-13)21-11-14-10-15(19)6-7-17(14)20-21/h6-7,10-11,13,16H,8-9,12H2,1-5H3. The second-order valence-corrected chi connectivity index (χ2v) is 14.1. The van der Waals surface area contributed by atoms with E-state index in [-0.39, 0.29) is 0 Å². The molecule has 3 nitrogen and oxygen atoms in total. The highest BCUT2D eigenvalue weighted by molar-refractivity contribution is 9.10. The van der Waals surface area contributed by atoms with Crippen molar-refractivity contribution >= 4 is 35.2 Å². The summed E-state index contributed by atoms with van der Waals surface area (Å²) >= 11 is 3.52. The van der Waals surface area contributed by atoms with Gasteiger partial charge in [-0.3, -0.25) is 4.68 Å². The van der Waals surface area contributed by atoms with E-state index in [1.54, 1.807) is 0 Å². The van der Waals surface area contributed by atoms with E-state index in [1.807, 2.05) is 0 Å². The van der Waals surface area contributed by atoms with E-state index in [1.165, 1.54) is 18.2 Å². The summed E-state index contributed by atoms with van der Waals surface area (Å²) in [6.45, 7) is 12.5. The van der Waals surface area contributed by atoms with Gasteiger partial charge in [0, 0.05) is 22.7 Å². The lowest BCUT2D eigenvalue weighted by Crippen LogP contribution is -2.43. The average Bonchev–Trinajstić information content (AvgIpc) is 2.77. The Balaban J connectivity index is 1.56. The highest BCUT2D eigenvalue weighted by atomic mass is 79.9. The molecule has 0 unspecified atom stereocenters. The monoisotopic (exact) mass is 394 g/mol. The fourth-order valence-electron chi connectivity index (χ4n) is 2.80. The lowest BCUT2D eigenvalue weighted by atomic mass is 9.81. The summed E-state index contributed by atoms with van der Waals surface area (Å²) in [5.74, 6) is 0.688. The molecule has 1 aliphatic carbocycles. The smallest absolute Gasteiger partial charge is 0.191 e. The molecule has 1 heterocycles. The van der Waals surface area contributed by atoms with Crippen LogP contribution in [0.15, 0.2) is 28.9 Å². The van der Waals surface area contributed by atoms with Crippen molar-refractivity contribution in [2.75, 3.05) is 6.61 Å². The van der Waals surface area contributed by atoms with Gasteiger partial charge in [0.1, 0.15) is 0 Å². The molecule has 23 heavy (non-hydrogen) atoms. The van der Waals surface area contributed by atoms with Gasteiger partial charge in [0.15, 0.2) is 8.32 Å². The van der Waals surface area contributed by atoms with Crippen molar-refractivity contribution < 1.29 is 4.43 Å². The number of rotatable bonds is 4. The Hall–Kier alpha value is -0.653. The number of fused-ring (bicyclic) bond motifs is 1. The van der Waals surface area contributed by atoms with Crippen LogP contribution >= 0.6 is 15.9 Å². The zero-order chi connectivity index (χ0) is 16.8. The van der Waals surface area contributed by atoms with Crippen molar-refractivity contribution in [1.82, 2.24) is 9.78 Å². The number of hydrogen-bond donors (Lipinski definition) is 0. The van der Waals surface area contributed by atoms with Crippen molar-refractivity contribution in [2.45, 2.75) is 57.8 Å². The summed E-state index contributed by atoms with van der Waals surface area (Å²) in [6, 6.07) is 6.80. The first-order chi connectivity index (χ1) is 10.7. The van der Waals surface area contributed by atoms with Crippen LogP contribution in [-0.2, 0) is 4.43 Å². The highest BCUT2D eigenvalue weighted by Crippen LogP contribution is 2.41. The first-order valence-electron chi connectivity index (χ1n) is 8.44. The molecule has 0 aliphatic heterocycles. The first-order valence-corrected chi connectivity index (χ1v) is 12.1. The minimum absolute atomic E-state index is 0.295. The predicted molar refractivity (Wildman–Crippen MR) is 102 cm³/mol. The molecule has 5 heteroatoms. The fourth-order valence-corrected chi connectivity index (χ4v) is 4.26. The Kier molecular flexibility index (Phi) is 4.49. The van der Waals surface area contributed by atoms with E-state index >= 15 is 0 Å². The number of benzene rings is 1. The van der Waals surface area contributed by atoms with Crippen molar-refractivity contribution in [3.63, 3.8) is 0 Å². The summed E-state index contributed by atoms with van der Waals surface area (Å²) in [5, 5.41) is 6.23. The maximum Gasteiger partial charge on any atom is 0.191 e. The Labute approximate surface area is 148 Å². The Bertz CT molecular complexity index is 699. The van der Waals surface area contributed by atoms with E-state index < -0.39 is 8.32 Å². The molecule has 3 rings (SSSR count). The molecule has 0 radical (unpaired) electrons. The largest absolute Gasteiger partial charge is 0.417 e. The summed E-state index contributed by atoms with van der Waals surface area (Å²) in [6.07, 6.45) is 4.54. The topological polar surface area (TPSA) is 27.1 Å². The van der Waals surface area contributed by atoms with Gasteiger partial charge < -0.3 is 4.43 Å². The van der Waals surface area contributed by atoms with Gasteiger partial charge >= 0.3 is 0 Å². The van der Waals surface area contributed by atoms with Crippen molar-refractivity contribution in [3.8, 4) is 0 Å². The van der Waals surface area contributed by atoms with Gasteiger partial charge in [-0.1, -0.05) is 36.7 Å². The van der Waals surface area contributed by atoms with E-state index in [9.17, 15) is 0 Å². The van der Waals surface area contributed by atoms with Crippen LogP contribution in [0.4, 0.5) is 0 Å². The number of aromatic nitrogens is 2. The molecule has 0 saturated heterocycles. The van der Waals surface area contributed by atoms with Crippen LogP contribution in [-0.4, -0.2) is 24.7 Å². The number of halogens is 1. The molecular weight excluding hydrogens is 368 g/mol. The van der Waals surface area contributed by atoms with Crippen molar-refractivity contribution in [3.05, 3.63) is 28.9 Å². The molecule has 1 aliphatic rings. The predicted octanol–water partition coefficient (Wildman–Crippen LogP) is 5.77. The second-order valence-electron chi connectivity index (χ2n) is 8.37. The van der Waals surface area contributed by atoms with Crippen molar-refractivity contribution in [2.24, 2.45) is 5.92 Å². The van der Waals surface area contributed by atoms with Gasteiger partial charge in [-0.15, -0.1) is 0 Å². The van der Waals surface area contributed by atoms with Crippen LogP contribution in [0.5, 0.6) is 0 Å². The van der Waals surface area contributed by atoms with Crippen LogP contribution in [0.2, 0.25) is 18.1 Å². The SMILES string of the molecule is CC(C)(C)[Si](C)(C)OCC1CC(n2cc3cc(Br)ccc3n2)C1. The quantitative estimate of drug-likeness (QED) is 0.615. The van der Waals surface area contributed by atoms with Gasteiger partial charge in [-0.2, -0.15) is 5.10 Å². The summed E-state index contributed by atoms with van der Waals surface area (Å²) in [7, 11) is -1.61. The molecule has 1 aromatic heterocycles. The van der Waals surface area contributed by atoms with E-state index in [0.717, 1.165) is 16.6 Å². The fraction of sp³-hybridized carbons (Fsp3) is 0.611. The highest BCUT2D eigenvalue weighted by Gasteiger charge is 2.39. The van der Waals surface area contributed by atoms with Gasteiger partial charge in [-0.25, -0.2) is 0 Å². The van der Waals surface area contributed by atoms with Crippen LogP contribution in [0.25, 0.3) is 10.9 Å². The van der Waals surface area contributed by atoms with Gasteiger partial charge in [0.25, 0.3) is 0 Å².